The number of halogens is 1. The normalized spacial score (nSPS) is 12.1. The molecule has 0 amide bonds. The lowest BCUT2D eigenvalue weighted by Crippen LogP contribution is -2.47. The number of carboxylic acid groups (broad SMARTS) is 1. The molecule has 0 fully saturated rings. The van der Waals surface area contributed by atoms with Crippen LogP contribution in [0.5, 0.6) is 0 Å². The lowest BCUT2D eigenvalue weighted by molar-refractivity contribution is -0.148. The first-order chi connectivity index (χ1) is 9.32. The van der Waals surface area contributed by atoms with Gasteiger partial charge in [-0.15, -0.1) is 0 Å². The van der Waals surface area contributed by atoms with Crippen LogP contribution >= 0.6 is 0 Å². The van der Waals surface area contributed by atoms with E-state index < -0.39 is 11.5 Å². The minimum absolute atomic E-state index is 0.310. The predicted molar refractivity (Wildman–Crippen MR) is 74.9 cm³/mol. The Bertz CT molecular complexity index is 655. The van der Waals surface area contributed by atoms with Crippen molar-refractivity contribution in [3.05, 3.63) is 41.8 Å². The Balaban J connectivity index is 2.41. The maximum atomic E-state index is 13.6. The number of hydrogen-bond acceptors (Lipinski definition) is 3. The average Bonchev–Trinajstić information content (AvgIpc) is 2.38. The minimum atomic E-state index is -1.03. The van der Waals surface area contributed by atoms with Crippen molar-refractivity contribution in [1.82, 2.24) is 9.88 Å². The van der Waals surface area contributed by atoms with Crippen LogP contribution in [0.1, 0.15) is 19.4 Å². The van der Waals surface area contributed by atoms with Crippen molar-refractivity contribution in [2.45, 2.75) is 25.9 Å². The van der Waals surface area contributed by atoms with Gasteiger partial charge in [0.2, 0.25) is 0 Å². The van der Waals surface area contributed by atoms with Crippen LogP contribution < -0.4 is 0 Å². The second-order valence-electron chi connectivity index (χ2n) is 5.36. The fourth-order valence-electron chi connectivity index (χ4n) is 1.96. The van der Waals surface area contributed by atoms with Crippen molar-refractivity contribution in [3.63, 3.8) is 0 Å². The van der Waals surface area contributed by atoms with Gasteiger partial charge in [-0.3, -0.25) is 14.7 Å². The number of fused-ring (bicyclic) bond motifs is 1. The molecule has 0 aliphatic carbocycles. The number of carbonyl (C=O) groups is 1. The van der Waals surface area contributed by atoms with E-state index in [1.54, 1.807) is 44.1 Å². The molecule has 106 valence electrons. The number of aromatic nitrogens is 1. The van der Waals surface area contributed by atoms with Crippen LogP contribution in [0, 0.1) is 5.82 Å². The minimum Gasteiger partial charge on any atom is -0.480 e. The lowest BCUT2D eigenvalue weighted by Gasteiger charge is -2.31. The summed E-state index contributed by atoms with van der Waals surface area (Å²) in [5.74, 6) is -1.27. The summed E-state index contributed by atoms with van der Waals surface area (Å²) in [5, 5.41) is 9.94. The first kappa shape index (κ1) is 14.4. The fraction of sp³-hybridized carbons (Fsp3) is 0.333. The molecule has 0 bridgehead atoms. The molecule has 0 saturated carbocycles. The van der Waals surface area contributed by atoms with Crippen molar-refractivity contribution in [2.24, 2.45) is 0 Å². The second kappa shape index (κ2) is 5.17. The smallest absolute Gasteiger partial charge is 0.323 e. The predicted octanol–water partition coefficient (Wildman–Crippen LogP) is 2.67. The third-order valence-electron chi connectivity index (χ3n) is 3.63. The fourth-order valence-corrected chi connectivity index (χ4v) is 1.96. The van der Waals surface area contributed by atoms with E-state index in [1.807, 2.05) is 0 Å². The van der Waals surface area contributed by atoms with E-state index in [2.05, 4.69) is 4.98 Å². The number of carboxylic acids is 1. The molecular formula is C15H17FN2O2. The first-order valence-electron chi connectivity index (χ1n) is 6.30. The third-order valence-corrected chi connectivity index (χ3v) is 3.63. The standard InChI is InChI=1S/C15H17FN2O2/c1-15(2,14(19)20)18(3)9-11-8-12(16)7-10-5-4-6-17-13(10)11/h4-8H,9H2,1-3H3,(H,19,20). The number of likely N-dealkylation sites (N-methyl/N-ethyl adjacent to an activating group) is 1. The summed E-state index contributed by atoms with van der Waals surface area (Å²) in [5.41, 5.74) is 0.340. The largest absolute Gasteiger partial charge is 0.480 e. The summed E-state index contributed by atoms with van der Waals surface area (Å²) < 4.78 is 13.6. The quantitative estimate of drug-likeness (QED) is 0.932. The summed E-state index contributed by atoms with van der Waals surface area (Å²) in [7, 11) is 1.70. The van der Waals surface area contributed by atoms with Crippen molar-refractivity contribution in [2.75, 3.05) is 7.05 Å². The van der Waals surface area contributed by atoms with Crippen LogP contribution in [0.4, 0.5) is 4.39 Å². The Hall–Kier alpha value is -2.01. The van der Waals surface area contributed by atoms with E-state index >= 15 is 0 Å². The van der Waals surface area contributed by atoms with Gasteiger partial charge in [0.15, 0.2) is 0 Å². The number of nitrogens with zero attached hydrogens (tertiary/aromatic N) is 2. The van der Waals surface area contributed by atoms with Crippen LogP contribution in [-0.2, 0) is 11.3 Å². The molecule has 20 heavy (non-hydrogen) atoms. The Morgan fingerprint density at radius 2 is 2.15 bits per heavy atom. The Morgan fingerprint density at radius 3 is 2.80 bits per heavy atom. The van der Waals surface area contributed by atoms with Crippen molar-refractivity contribution >= 4 is 16.9 Å². The molecule has 1 N–H and O–H groups in total. The van der Waals surface area contributed by atoms with Gasteiger partial charge in [0.05, 0.1) is 5.52 Å². The lowest BCUT2D eigenvalue weighted by atomic mass is 10.0. The summed E-state index contributed by atoms with van der Waals surface area (Å²) in [6, 6.07) is 6.37. The molecule has 0 atom stereocenters. The molecule has 1 aromatic carbocycles. The zero-order valence-electron chi connectivity index (χ0n) is 11.7. The van der Waals surface area contributed by atoms with Gasteiger partial charge in [-0.1, -0.05) is 6.07 Å². The molecule has 0 unspecified atom stereocenters. The molecule has 1 heterocycles. The van der Waals surface area contributed by atoms with Crippen LogP contribution in [0.3, 0.4) is 0 Å². The molecule has 0 radical (unpaired) electrons. The van der Waals surface area contributed by atoms with E-state index in [4.69, 9.17) is 0 Å². The molecule has 0 aliphatic heterocycles. The first-order valence-corrected chi connectivity index (χ1v) is 6.30. The number of rotatable bonds is 4. The molecular weight excluding hydrogens is 259 g/mol. The van der Waals surface area contributed by atoms with Crippen molar-refractivity contribution in [1.29, 1.82) is 0 Å². The zero-order chi connectivity index (χ0) is 14.9. The number of benzene rings is 1. The Morgan fingerprint density at radius 1 is 1.45 bits per heavy atom. The summed E-state index contributed by atoms with van der Waals surface area (Å²) in [6.45, 7) is 3.54. The van der Waals surface area contributed by atoms with Gasteiger partial charge in [0, 0.05) is 18.1 Å². The third kappa shape index (κ3) is 2.63. The highest BCUT2D eigenvalue weighted by molar-refractivity contribution is 5.82. The van der Waals surface area contributed by atoms with Gasteiger partial charge in [0.1, 0.15) is 11.4 Å². The van der Waals surface area contributed by atoms with Crippen LogP contribution in [0.2, 0.25) is 0 Å². The maximum absolute atomic E-state index is 13.6. The second-order valence-corrected chi connectivity index (χ2v) is 5.36. The van der Waals surface area contributed by atoms with Crippen LogP contribution in [-0.4, -0.2) is 33.5 Å². The zero-order valence-corrected chi connectivity index (χ0v) is 11.7. The SMILES string of the molecule is CN(Cc1cc(F)cc2cccnc12)C(C)(C)C(=O)O. The maximum Gasteiger partial charge on any atom is 0.323 e. The van der Waals surface area contributed by atoms with Crippen molar-refractivity contribution < 1.29 is 14.3 Å². The highest BCUT2D eigenvalue weighted by Crippen LogP contribution is 2.22. The van der Waals surface area contributed by atoms with E-state index in [-0.39, 0.29) is 5.82 Å². The summed E-state index contributed by atoms with van der Waals surface area (Å²) >= 11 is 0. The number of pyridine rings is 1. The average molecular weight is 276 g/mol. The Kier molecular flexibility index (Phi) is 3.72. The monoisotopic (exact) mass is 276 g/mol. The van der Waals surface area contributed by atoms with Crippen LogP contribution in [0.15, 0.2) is 30.5 Å². The van der Waals surface area contributed by atoms with Gasteiger partial charge >= 0.3 is 5.97 Å². The highest BCUT2D eigenvalue weighted by atomic mass is 19.1. The van der Waals surface area contributed by atoms with Gasteiger partial charge in [-0.05, 0) is 44.7 Å². The van der Waals surface area contributed by atoms with Crippen LogP contribution in [0.25, 0.3) is 10.9 Å². The summed E-state index contributed by atoms with van der Waals surface area (Å²) in [6.07, 6.45) is 1.64. The molecule has 5 heteroatoms. The van der Waals surface area contributed by atoms with Gasteiger partial charge in [0.25, 0.3) is 0 Å². The van der Waals surface area contributed by atoms with Gasteiger partial charge in [-0.2, -0.15) is 0 Å². The molecule has 4 nitrogen and oxygen atoms in total. The Labute approximate surface area is 116 Å². The van der Waals surface area contributed by atoms with E-state index in [1.165, 1.54) is 12.1 Å². The highest BCUT2D eigenvalue weighted by Gasteiger charge is 2.32. The molecule has 2 rings (SSSR count). The van der Waals surface area contributed by atoms with E-state index in [9.17, 15) is 14.3 Å². The molecule has 0 saturated heterocycles. The van der Waals surface area contributed by atoms with Gasteiger partial charge < -0.3 is 5.11 Å². The molecule has 0 spiro atoms. The topological polar surface area (TPSA) is 53.4 Å². The van der Waals surface area contributed by atoms with Gasteiger partial charge in [-0.25, -0.2) is 4.39 Å². The molecule has 1 aromatic heterocycles. The number of hydrogen-bond donors (Lipinski definition) is 1. The van der Waals surface area contributed by atoms with E-state index in [0.29, 0.717) is 23.0 Å². The molecule has 0 aliphatic rings. The number of aliphatic carboxylic acids is 1. The summed E-state index contributed by atoms with van der Waals surface area (Å²) in [4.78, 5) is 17.2. The van der Waals surface area contributed by atoms with E-state index in [0.717, 1.165) is 0 Å². The molecule has 2 aromatic rings. The van der Waals surface area contributed by atoms with Crippen molar-refractivity contribution in [3.8, 4) is 0 Å².